The highest BCUT2D eigenvalue weighted by Crippen LogP contribution is 2.35. The molecule has 1 unspecified atom stereocenters. The molecule has 0 spiro atoms. The first-order valence-electron chi connectivity index (χ1n) is 9.63. The number of ether oxygens (including phenoxy) is 3. The van der Waals surface area contributed by atoms with E-state index in [0.717, 1.165) is 32.8 Å². The maximum atomic E-state index is 13.1. The summed E-state index contributed by atoms with van der Waals surface area (Å²) in [6, 6.07) is 6.53. The van der Waals surface area contributed by atoms with Crippen molar-refractivity contribution in [2.45, 2.75) is 32.6 Å². The molecule has 1 aromatic heterocycles. The first-order chi connectivity index (χ1) is 15.4. The molecule has 2 aromatic rings. The number of nitrogens with one attached hydrogen (secondary N) is 1. The average molecular weight is 480 g/mol. The number of amides is 1. The fourth-order valence-corrected chi connectivity index (χ4v) is 2.54. The number of halogens is 5. The lowest BCUT2D eigenvalue weighted by Gasteiger charge is -2.18. The largest absolute Gasteiger partial charge is 0.497 e. The molecule has 12 heteroatoms. The normalized spacial score (nSPS) is 15.6. The molecule has 0 bridgehead atoms. The minimum Gasteiger partial charge on any atom is -0.497 e. The second-order valence-corrected chi connectivity index (χ2v) is 6.67. The van der Waals surface area contributed by atoms with Gasteiger partial charge in [0.25, 0.3) is 11.5 Å². The van der Waals surface area contributed by atoms with E-state index in [4.69, 9.17) is 19.9 Å². The molecule has 1 aromatic carbocycles. The lowest BCUT2D eigenvalue weighted by molar-refractivity contribution is -0.140. The first-order valence-corrected chi connectivity index (χ1v) is 9.63. The van der Waals surface area contributed by atoms with Gasteiger partial charge in [-0.3, -0.25) is 9.59 Å². The fourth-order valence-electron chi connectivity index (χ4n) is 2.54. The van der Waals surface area contributed by atoms with Gasteiger partial charge >= 0.3 is 6.18 Å². The number of alkyl halides is 5. The number of hydrogen-bond acceptors (Lipinski definition) is 5. The van der Waals surface area contributed by atoms with Crippen molar-refractivity contribution in [2.24, 2.45) is 5.73 Å². The highest BCUT2D eigenvalue weighted by molar-refractivity contribution is 5.93. The molecule has 0 radical (unpaired) electrons. The number of H-pyrrole nitrogens is 1. The van der Waals surface area contributed by atoms with E-state index >= 15 is 0 Å². The summed E-state index contributed by atoms with van der Waals surface area (Å²) in [5.74, 6) is -0.651. The van der Waals surface area contributed by atoms with Crippen molar-refractivity contribution in [1.29, 1.82) is 0 Å². The molecule has 33 heavy (non-hydrogen) atoms. The Labute approximate surface area is 186 Å². The number of hydrogen-bond donors (Lipinski definition) is 2. The molecule has 1 fully saturated rings. The second kappa shape index (κ2) is 12.9. The predicted octanol–water partition coefficient (Wildman–Crippen LogP) is 3.86. The number of rotatable bonds is 3. The Bertz CT molecular complexity index is 937. The molecular formula is C21H25F5N2O5. The lowest BCUT2D eigenvalue weighted by atomic mass is 10.0. The number of aromatic nitrogens is 1. The Morgan fingerprint density at radius 2 is 1.79 bits per heavy atom. The molecule has 1 aliphatic rings. The van der Waals surface area contributed by atoms with Crippen LogP contribution in [0.25, 0.3) is 11.1 Å². The van der Waals surface area contributed by atoms with Crippen LogP contribution in [0.4, 0.5) is 22.0 Å². The van der Waals surface area contributed by atoms with Gasteiger partial charge in [-0.25, -0.2) is 8.78 Å². The predicted molar refractivity (Wildman–Crippen MR) is 110 cm³/mol. The minimum atomic E-state index is -4.79. The Morgan fingerprint density at radius 3 is 2.15 bits per heavy atom. The van der Waals surface area contributed by atoms with Crippen molar-refractivity contribution in [2.75, 3.05) is 26.9 Å². The van der Waals surface area contributed by atoms with Gasteiger partial charge in [0.05, 0.1) is 33.0 Å². The number of nitrogens with two attached hydrogens (primary N) is 1. The number of carbonyl (C=O) groups excluding carboxylic acids is 1. The Balaban J connectivity index is 0.000000406. The summed E-state index contributed by atoms with van der Waals surface area (Å²) in [7, 11) is 1.42. The number of primary amides is 1. The van der Waals surface area contributed by atoms with Gasteiger partial charge in [0, 0.05) is 5.56 Å². The third-order valence-electron chi connectivity index (χ3n) is 3.97. The van der Waals surface area contributed by atoms with E-state index in [-0.39, 0.29) is 11.1 Å². The number of aromatic amines is 1. The molecule has 2 heterocycles. The molecule has 7 nitrogen and oxygen atoms in total. The van der Waals surface area contributed by atoms with Crippen LogP contribution in [0.2, 0.25) is 0 Å². The van der Waals surface area contributed by atoms with Gasteiger partial charge in [0.1, 0.15) is 17.0 Å². The van der Waals surface area contributed by atoms with Crippen molar-refractivity contribution in [3.63, 3.8) is 0 Å². The summed E-state index contributed by atoms with van der Waals surface area (Å²) in [4.78, 5) is 24.4. The molecule has 0 aliphatic carbocycles. The van der Waals surface area contributed by atoms with Crippen LogP contribution in [0.15, 0.2) is 35.1 Å². The van der Waals surface area contributed by atoms with Gasteiger partial charge in [-0.05, 0) is 37.6 Å². The highest BCUT2D eigenvalue weighted by Gasteiger charge is 2.36. The van der Waals surface area contributed by atoms with E-state index < -0.39 is 35.3 Å². The molecule has 1 saturated heterocycles. The van der Waals surface area contributed by atoms with E-state index in [2.05, 4.69) is 0 Å². The van der Waals surface area contributed by atoms with E-state index in [0.29, 0.717) is 11.9 Å². The molecule has 3 N–H and O–H groups in total. The summed E-state index contributed by atoms with van der Waals surface area (Å²) >= 11 is 0. The standard InChI is InChI=1S/C14H11F3N2O3.C5H10O2.C2H4F2/c1-22-8-4-2-7(3-5-8)9-6-10(12(18)20)13(21)19-11(9)14(15,16)17;1-5-4-6-2-3-7-5;1-2(3)4/h2-6H,1H3,(H2,18,20)(H,19,21);5H,2-4H2,1H3;2H,1H3. The monoisotopic (exact) mass is 480 g/mol. The SMILES string of the molecule is CC(F)F.CC1COCCO1.COc1ccc(-c2cc(C(N)=O)c(=O)[nH]c2C(F)(F)F)cc1. The zero-order valence-corrected chi connectivity index (χ0v) is 18.2. The number of pyridine rings is 1. The maximum absolute atomic E-state index is 13.1. The summed E-state index contributed by atoms with van der Waals surface area (Å²) in [6.07, 6.45) is -6.64. The number of carbonyl (C=O) groups is 1. The highest BCUT2D eigenvalue weighted by atomic mass is 19.4. The van der Waals surface area contributed by atoms with E-state index in [1.54, 1.807) is 4.98 Å². The Kier molecular flexibility index (Phi) is 11.0. The summed E-state index contributed by atoms with van der Waals surface area (Å²) in [6.45, 7) is 5.14. The molecule has 1 atom stereocenters. The topological polar surface area (TPSA) is 104 Å². The van der Waals surface area contributed by atoms with E-state index in [1.165, 1.54) is 31.4 Å². The molecule has 184 valence electrons. The smallest absolute Gasteiger partial charge is 0.431 e. The van der Waals surface area contributed by atoms with Gasteiger partial charge in [0.2, 0.25) is 6.43 Å². The average Bonchev–Trinajstić information content (AvgIpc) is 2.73. The van der Waals surface area contributed by atoms with Crippen LogP contribution in [-0.2, 0) is 15.7 Å². The Morgan fingerprint density at radius 1 is 1.21 bits per heavy atom. The van der Waals surface area contributed by atoms with Gasteiger partial charge in [-0.2, -0.15) is 13.2 Å². The maximum Gasteiger partial charge on any atom is 0.431 e. The van der Waals surface area contributed by atoms with Crippen LogP contribution in [-0.4, -0.2) is 50.4 Å². The van der Waals surface area contributed by atoms with Crippen LogP contribution in [0.5, 0.6) is 5.75 Å². The summed E-state index contributed by atoms with van der Waals surface area (Å²) < 4.78 is 75.0. The van der Waals surface area contributed by atoms with E-state index in [9.17, 15) is 31.5 Å². The van der Waals surface area contributed by atoms with Crippen molar-refractivity contribution in [1.82, 2.24) is 4.98 Å². The number of methoxy groups -OCH3 is 1. The van der Waals surface area contributed by atoms with Crippen molar-refractivity contribution >= 4 is 5.91 Å². The van der Waals surface area contributed by atoms with Crippen molar-refractivity contribution < 1.29 is 41.0 Å². The molecule has 1 amide bonds. The summed E-state index contributed by atoms with van der Waals surface area (Å²) in [5.41, 5.74) is 1.85. The van der Waals surface area contributed by atoms with Crippen LogP contribution in [0.1, 0.15) is 29.9 Å². The molecule has 1 aliphatic heterocycles. The number of benzene rings is 1. The summed E-state index contributed by atoms with van der Waals surface area (Å²) in [5, 5.41) is 0. The van der Waals surface area contributed by atoms with Crippen LogP contribution >= 0.6 is 0 Å². The second-order valence-electron chi connectivity index (χ2n) is 6.67. The zero-order chi connectivity index (χ0) is 25.2. The van der Waals surface area contributed by atoms with Gasteiger partial charge < -0.3 is 24.9 Å². The zero-order valence-electron chi connectivity index (χ0n) is 18.2. The van der Waals surface area contributed by atoms with Crippen LogP contribution in [0.3, 0.4) is 0 Å². The van der Waals surface area contributed by atoms with Crippen LogP contribution < -0.4 is 16.0 Å². The van der Waals surface area contributed by atoms with Crippen LogP contribution in [0, 0.1) is 0 Å². The van der Waals surface area contributed by atoms with E-state index in [1.807, 2.05) is 6.92 Å². The fraction of sp³-hybridized carbons (Fsp3) is 0.429. The van der Waals surface area contributed by atoms with Gasteiger partial charge in [-0.15, -0.1) is 0 Å². The third kappa shape index (κ3) is 9.58. The van der Waals surface area contributed by atoms with Crippen molar-refractivity contribution in [3.05, 3.63) is 51.9 Å². The van der Waals surface area contributed by atoms with Crippen molar-refractivity contribution in [3.8, 4) is 16.9 Å². The van der Waals surface area contributed by atoms with Gasteiger partial charge in [0.15, 0.2) is 0 Å². The van der Waals surface area contributed by atoms with Gasteiger partial charge in [-0.1, -0.05) is 12.1 Å². The molecule has 0 saturated carbocycles. The lowest BCUT2D eigenvalue weighted by Crippen LogP contribution is -2.27. The Hall–Kier alpha value is -2.99. The first kappa shape index (κ1) is 28.0. The molecular weight excluding hydrogens is 455 g/mol. The third-order valence-corrected chi connectivity index (χ3v) is 3.97. The molecule has 3 rings (SSSR count). The quantitative estimate of drug-likeness (QED) is 0.650. The minimum absolute atomic E-state index is 0.159.